The summed E-state index contributed by atoms with van der Waals surface area (Å²) < 4.78 is 11.0. The molecule has 1 aliphatic heterocycles. The van der Waals surface area contributed by atoms with E-state index in [1.165, 1.54) is 64.2 Å². The number of hydrogen-bond acceptors (Lipinski definition) is 5. The molecular formula is C22H42O5. The van der Waals surface area contributed by atoms with Crippen LogP contribution in [0.1, 0.15) is 84.0 Å². The second-order valence-electron chi connectivity index (χ2n) is 7.68. The van der Waals surface area contributed by atoms with Gasteiger partial charge in [0, 0.05) is 6.61 Å². The van der Waals surface area contributed by atoms with Gasteiger partial charge in [-0.2, -0.15) is 0 Å². The molecule has 1 aliphatic rings. The van der Waals surface area contributed by atoms with Gasteiger partial charge in [-0.25, -0.2) is 0 Å². The molecule has 0 aromatic heterocycles. The second-order valence-corrected chi connectivity index (χ2v) is 7.68. The molecule has 4 atom stereocenters. The van der Waals surface area contributed by atoms with Crippen LogP contribution in [-0.2, 0) is 9.47 Å². The Hall–Kier alpha value is -0.460. The molecule has 0 aromatic carbocycles. The molecule has 1 rings (SSSR count). The Kier molecular flexibility index (Phi) is 15.0. The van der Waals surface area contributed by atoms with Crippen LogP contribution in [0.5, 0.6) is 0 Å². The van der Waals surface area contributed by atoms with Gasteiger partial charge < -0.3 is 24.8 Å². The minimum Gasteiger partial charge on any atom is -0.394 e. The van der Waals surface area contributed by atoms with E-state index in [0.717, 1.165) is 12.8 Å². The number of unbranched alkanes of at least 4 members (excludes halogenated alkanes) is 10. The van der Waals surface area contributed by atoms with Crippen LogP contribution in [0.15, 0.2) is 12.2 Å². The van der Waals surface area contributed by atoms with Gasteiger partial charge in [0.25, 0.3) is 0 Å². The van der Waals surface area contributed by atoms with Crippen LogP contribution in [-0.4, -0.2) is 59.6 Å². The summed E-state index contributed by atoms with van der Waals surface area (Å²) in [5.41, 5.74) is 0. The maximum atomic E-state index is 9.98. The van der Waals surface area contributed by atoms with E-state index in [4.69, 9.17) is 9.47 Å². The molecule has 1 heterocycles. The molecule has 27 heavy (non-hydrogen) atoms. The molecule has 5 nitrogen and oxygen atoms in total. The summed E-state index contributed by atoms with van der Waals surface area (Å²) in [4.78, 5) is 0. The van der Waals surface area contributed by atoms with Crippen LogP contribution in [0.2, 0.25) is 0 Å². The molecule has 1 saturated heterocycles. The van der Waals surface area contributed by atoms with Crippen molar-refractivity contribution >= 4 is 0 Å². The van der Waals surface area contributed by atoms with Gasteiger partial charge in [-0.3, -0.25) is 0 Å². The monoisotopic (exact) mass is 386 g/mol. The zero-order chi connectivity index (χ0) is 19.7. The molecule has 0 amide bonds. The van der Waals surface area contributed by atoms with E-state index < -0.39 is 24.4 Å². The molecular weight excluding hydrogens is 344 g/mol. The van der Waals surface area contributed by atoms with Gasteiger partial charge in [-0.05, 0) is 32.1 Å². The van der Waals surface area contributed by atoms with Gasteiger partial charge in [-0.15, -0.1) is 0 Å². The van der Waals surface area contributed by atoms with Gasteiger partial charge >= 0.3 is 0 Å². The molecule has 5 heteroatoms. The first-order valence-electron chi connectivity index (χ1n) is 11.1. The number of allylic oxidation sites excluding steroid dienone is 2. The summed E-state index contributed by atoms with van der Waals surface area (Å²) in [5.74, 6) is 0. The number of ether oxygens (including phenoxy) is 2. The molecule has 3 N–H and O–H groups in total. The Balaban J connectivity index is 1.92. The molecule has 1 fully saturated rings. The summed E-state index contributed by atoms with van der Waals surface area (Å²) >= 11 is 0. The summed E-state index contributed by atoms with van der Waals surface area (Å²) in [7, 11) is 0. The first kappa shape index (κ1) is 24.6. The zero-order valence-electron chi connectivity index (χ0n) is 17.2. The van der Waals surface area contributed by atoms with Crippen molar-refractivity contribution in [3.63, 3.8) is 0 Å². The fourth-order valence-electron chi connectivity index (χ4n) is 3.43. The van der Waals surface area contributed by atoms with Crippen molar-refractivity contribution in [3.05, 3.63) is 12.2 Å². The SMILES string of the molecule is CCCCCC/C=C/CCCCCCCCO[C@@H]1[C@@H](O)[C@H](O)CO[C@H]1CO. The number of aliphatic hydroxyl groups is 3. The molecule has 0 bridgehead atoms. The Morgan fingerprint density at radius 3 is 2.11 bits per heavy atom. The van der Waals surface area contributed by atoms with Crippen LogP contribution in [0.3, 0.4) is 0 Å². The fourth-order valence-corrected chi connectivity index (χ4v) is 3.43. The molecule has 0 unspecified atom stereocenters. The lowest BCUT2D eigenvalue weighted by Crippen LogP contribution is -2.55. The van der Waals surface area contributed by atoms with E-state index in [1.807, 2.05) is 0 Å². The highest BCUT2D eigenvalue weighted by Gasteiger charge is 2.39. The predicted molar refractivity (Wildman–Crippen MR) is 109 cm³/mol. The average molecular weight is 387 g/mol. The van der Waals surface area contributed by atoms with Crippen LogP contribution in [0.25, 0.3) is 0 Å². The summed E-state index contributed by atoms with van der Waals surface area (Å²) in [6.45, 7) is 2.61. The third kappa shape index (κ3) is 11.2. The van der Waals surface area contributed by atoms with E-state index in [-0.39, 0.29) is 13.2 Å². The van der Waals surface area contributed by atoms with Crippen molar-refractivity contribution < 1.29 is 24.8 Å². The van der Waals surface area contributed by atoms with Gasteiger partial charge in [0.1, 0.15) is 24.4 Å². The van der Waals surface area contributed by atoms with Crippen molar-refractivity contribution in [1.82, 2.24) is 0 Å². The molecule has 0 saturated carbocycles. The van der Waals surface area contributed by atoms with Crippen molar-refractivity contribution in [2.75, 3.05) is 19.8 Å². The smallest absolute Gasteiger partial charge is 0.114 e. The molecule has 0 radical (unpaired) electrons. The second kappa shape index (κ2) is 16.5. The third-order valence-corrected chi connectivity index (χ3v) is 5.22. The lowest BCUT2D eigenvalue weighted by Gasteiger charge is -2.37. The van der Waals surface area contributed by atoms with Gasteiger partial charge in [0.05, 0.1) is 13.2 Å². The van der Waals surface area contributed by atoms with Crippen LogP contribution in [0.4, 0.5) is 0 Å². The van der Waals surface area contributed by atoms with Crippen molar-refractivity contribution in [2.45, 2.75) is 108 Å². The van der Waals surface area contributed by atoms with E-state index in [2.05, 4.69) is 19.1 Å². The molecule has 0 aromatic rings. The standard InChI is InChI=1S/C22H42O5/c1-2-3-4-5-6-7-8-9-10-11-12-13-14-15-16-26-22-20(17-23)27-18-19(24)21(22)25/h7-8,19-25H,2-6,9-18H2,1H3/b8-7+/t19-,20+,21+,22+/m1/s1. The van der Waals surface area contributed by atoms with E-state index in [0.29, 0.717) is 6.61 Å². The van der Waals surface area contributed by atoms with Crippen molar-refractivity contribution in [1.29, 1.82) is 0 Å². The minimum atomic E-state index is -0.990. The van der Waals surface area contributed by atoms with Gasteiger partial charge in [0.15, 0.2) is 0 Å². The first-order chi connectivity index (χ1) is 13.2. The normalized spacial score (nSPS) is 26.1. The fraction of sp³-hybridized carbons (Fsp3) is 0.909. The van der Waals surface area contributed by atoms with E-state index in [1.54, 1.807) is 0 Å². The Morgan fingerprint density at radius 1 is 0.889 bits per heavy atom. The van der Waals surface area contributed by atoms with E-state index >= 15 is 0 Å². The predicted octanol–water partition coefficient (Wildman–Crippen LogP) is 3.74. The number of rotatable bonds is 16. The van der Waals surface area contributed by atoms with Crippen LogP contribution >= 0.6 is 0 Å². The Morgan fingerprint density at radius 2 is 1.48 bits per heavy atom. The zero-order valence-corrected chi connectivity index (χ0v) is 17.2. The molecule has 0 aliphatic carbocycles. The first-order valence-corrected chi connectivity index (χ1v) is 11.1. The third-order valence-electron chi connectivity index (χ3n) is 5.22. The highest BCUT2D eigenvalue weighted by Crippen LogP contribution is 2.19. The highest BCUT2D eigenvalue weighted by molar-refractivity contribution is 4.87. The largest absolute Gasteiger partial charge is 0.394 e. The van der Waals surface area contributed by atoms with E-state index in [9.17, 15) is 15.3 Å². The quantitative estimate of drug-likeness (QED) is 0.278. The lowest BCUT2D eigenvalue weighted by atomic mass is 10.0. The summed E-state index contributed by atoms with van der Waals surface area (Å²) in [6.07, 6.45) is 16.3. The summed E-state index contributed by atoms with van der Waals surface area (Å²) in [5, 5.41) is 28.9. The highest BCUT2D eigenvalue weighted by atomic mass is 16.6. The molecule has 160 valence electrons. The number of hydrogen-bond donors (Lipinski definition) is 3. The maximum absolute atomic E-state index is 9.98. The maximum Gasteiger partial charge on any atom is 0.114 e. The Labute approximate surface area is 165 Å². The number of aliphatic hydroxyl groups excluding tert-OH is 3. The van der Waals surface area contributed by atoms with Crippen LogP contribution < -0.4 is 0 Å². The lowest BCUT2D eigenvalue weighted by molar-refractivity contribution is -0.211. The van der Waals surface area contributed by atoms with Gasteiger partial charge in [0.2, 0.25) is 0 Å². The average Bonchev–Trinajstić information content (AvgIpc) is 2.68. The topological polar surface area (TPSA) is 79.2 Å². The summed E-state index contributed by atoms with van der Waals surface area (Å²) in [6, 6.07) is 0. The van der Waals surface area contributed by atoms with Crippen LogP contribution in [0, 0.1) is 0 Å². The minimum absolute atomic E-state index is 0.0420. The Bertz CT molecular complexity index is 359. The molecule has 0 spiro atoms. The van der Waals surface area contributed by atoms with Gasteiger partial charge in [-0.1, -0.05) is 64.0 Å². The van der Waals surface area contributed by atoms with Crippen molar-refractivity contribution in [2.24, 2.45) is 0 Å². The van der Waals surface area contributed by atoms with Crippen molar-refractivity contribution in [3.8, 4) is 0 Å².